The third-order valence-electron chi connectivity index (χ3n) is 4.55. The molecule has 0 aromatic heterocycles. The monoisotopic (exact) mass is 241 g/mol. The summed E-state index contributed by atoms with van der Waals surface area (Å²) in [6.45, 7) is 10.4. The summed E-state index contributed by atoms with van der Waals surface area (Å²) in [7, 11) is 0. The number of aliphatic hydroxyl groups excluding tert-OH is 1. The molecule has 0 spiro atoms. The molecule has 1 aliphatic rings. The highest BCUT2D eigenvalue weighted by molar-refractivity contribution is 4.77. The van der Waals surface area contributed by atoms with Crippen LogP contribution in [0, 0.1) is 11.8 Å². The van der Waals surface area contributed by atoms with E-state index in [1.54, 1.807) is 0 Å². The zero-order valence-electron chi connectivity index (χ0n) is 12.0. The summed E-state index contributed by atoms with van der Waals surface area (Å²) in [5.41, 5.74) is 0. The Balaban J connectivity index is 2.26. The smallest absolute Gasteiger partial charge is 0.0568 e. The molecular weight excluding hydrogens is 210 g/mol. The molecule has 0 radical (unpaired) electrons. The Morgan fingerprint density at radius 2 is 1.88 bits per heavy atom. The van der Waals surface area contributed by atoms with Crippen LogP contribution < -0.4 is 0 Å². The first-order valence-electron chi connectivity index (χ1n) is 7.61. The van der Waals surface area contributed by atoms with Crippen LogP contribution in [0.3, 0.4) is 0 Å². The minimum Gasteiger partial charge on any atom is -0.393 e. The highest BCUT2D eigenvalue weighted by Gasteiger charge is 2.25. The van der Waals surface area contributed by atoms with Crippen molar-refractivity contribution in [3.05, 3.63) is 0 Å². The van der Waals surface area contributed by atoms with Crippen LogP contribution >= 0.6 is 0 Å². The van der Waals surface area contributed by atoms with Crippen molar-refractivity contribution in [1.82, 2.24) is 4.90 Å². The van der Waals surface area contributed by atoms with Gasteiger partial charge in [0.1, 0.15) is 0 Å². The van der Waals surface area contributed by atoms with Crippen molar-refractivity contribution in [2.45, 2.75) is 65.4 Å². The van der Waals surface area contributed by atoms with Gasteiger partial charge in [0.2, 0.25) is 0 Å². The minimum atomic E-state index is -0.0122. The van der Waals surface area contributed by atoms with Gasteiger partial charge in [0, 0.05) is 6.54 Å². The van der Waals surface area contributed by atoms with Gasteiger partial charge < -0.3 is 10.0 Å². The lowest BCUT2D eigenvalue weighted by molar-refractivity contribution is 0.115. The maximum atomic E-state index is 9.83. The molecule has 1 saturated carbocycles. The predicted molar refractivity (Wildman–Crippen MR) is 74.2 cm³/mol. The van der Waals surface area contributed by atoms with Crippen molar-refractivity contribution >= 4 is 0 Å². The van der Waals surface area contributed by atoms with E-state index < -0.39 is 0 Å². The summed E-state index contributed by atoms with van der Waals surface area (Å²) < 4.78 is 0. The summed E-state index contributed by atoms with van der Waals surface area (Å²) >= 11 is 0. The number of rotatable bonds is 8. The first-order chi connectivity index (χ1) is 8.21. The summed E-state index contributed by atoms with van der Waals surface area (Å²) in [5, 5.41) is 9.83. The van der Waals surface area contributed by atoms with Gasteiger partial charge in [-0.05, 0) is 44.2 Å². The van der Waals surface area contributed by atoms with Crippen LogP contribution in [0.1, 0.15) is 59.3 Å². The first kappa shape index (κ1) is 15.0. The van der Waals surface area contributed by atoms with E-state index in [-0.39, 0.29) is 6.10 Å². The van der Waals surface area contributed by atoms with Crippen LogP contribution in [0.25, 0.3) is 0 Å². The Hall–Kier alpha value is -0.0800. The quantitative estimate of drug-likeness (QED) is 0.705. The van der Waals surface area contributed by atoms with Gasteiger partial charge in [0.05, 0.1) is 6.10 Å². The third kappa shape index (κ3) is 4.97. The van der Waals surface area contributed by atoms with E-state index in [0.29, 0.717) is 5.92 Å². The molecule has 2 unspecified atom stereocenters. The largest absolute Gasteiger partial charge is 0.393 e. The molecule has 1 N–H and O–H groups in total. The van der Waals surface area contributed by atoms with Crippen LogP contribution in [0.15, 0.2) is 0 Å². The molecule has 0 heterocycles. The molecule has 0 amide bonds. The molecule has 17 heavy (non-hydrogen) atoms. The van der Waals surface area contributed by atoms with Crippen molar-refractivity contribution in [2.75, 3.05) is 19.6 Å². The van der Waals surface area contributed by atoms with E-state index in [2.05, 4.69) is 25.7 Å². The molecule has 2 heteroatoms. The molecule has 102 valence electrons. The number of nitrogens with zero attached hydrogens (tertiary/aromatic N) is 1. The van der Waals surface area contributed by atoms with E-state index in [4.69, 9.17) is 0 Å². The zero-order valence-corrected chi connectivity index (χ0v) is 12.0. The third-order valence-corrected chi connectivity index (χ3v) is 4.55. The second-order valence-electron chi connectivity index (χ2n) is 5.62. The molecule has 2 atom stereocenters. The number of hydrogen-bond donors (Lipinski definition) is 1. The molecule has 0 saturated heterocycles. The van der Waals surface area contributed by atoms with E-state index >= 15 is 0 Å². The molecule has 0 aromatic rings. The Kier molecular flexibility index (Phi) is 7.14. The molecule has 2 nitrogen and oxygen atoms in total. The van der Waals surface area contributed by atoms with Gasteiger partial charge in [-0.15, -0.1) is 0 Å². The van der Waals surface area contributed by atoms with Gasteiger partial charge in [-0.1, -0.05) is 40.0 Å². The Morgan fingerprint density at radius 3 is 2.35 bits per heavy atom. The topological polar surface area (TPSA) is 23.5 Å². The molecule has 0 aromatic carbocycles. The molecule has 0 aliphatic heterocycles. The maximum absolute atomic E-state index is 9.83. The van der Waals surface area contributed by atoms with Gasteiger partial charge in [-0.2, -0.15) is 0 Å². The highest BCUT2D eigenvalue weighted by Crippen LogP contribution is 2.28. The standard InChI is InChI=1S/C15H31NO/c1-4-13(5-2)12-16(6-3)11-10-14-8-7-9-15(14)17/h13-15,17H,4-12H2,1-3H3. The van der Waals surface area contributed by atoms with Crippen molar-refractivity contribution in [3.8, 4) is 0 Å². The van der Waals surface area contributed by atoms with Crippen molar-refractivity contribution in [2.24, 2.45) is 11.8 Å². The van der Waals surface area contributed by atoms with Crippen LogP contribution in [0.2, 0.25) is 0 Å². The lowest BCUT2D eigenvalue weighted by Crippen LogP contribution is -2.32. The van der Waals surface area contributed by atoms with Gasteiger partial charge in [-0.25, -0.2) is 0 Å². The fourth-order valence-electron chi connectivity index (χ4n) is 2.99. The summed E-state index contributed by atoms with van der Waals surface area (Å²) in [5.74, 6) is 1.43. The summed E-state index contributed by atoms with van der Waals surface area (Å²) in [6.07, 6.45) is 7.26. The Morgan fingerprint density at radius 1 is 1.18 bits per heavy atom. The van der Waals surface area contributed by atoms with Crippen molar-refractivity contribution in [1.29, 1.82) is 0 Å². The average Bonchev–Trinajstić information content (AvgIpc) is 2.75. The van der Waals surface area contributed by atoms with E-state index in [1.165, 1.54) is 45.2 Å². The van der Waals surface area contributed by atoms with Crippen LogP contribution in [0.4, 0.5) is 0 Å². The minimum absolute atomic E-state index is 0.0122. The highest BCUT2D eigenvalue weighted by atomic mass is 16.3. The lowest BCUT2D eigenvalue weighted by Gasteiger charge is -2.27. The maximum Gasteiger partial charge on any atom is 0.0568 e. The SMILES string of the molecule is CCC(CC)CN(CC)CCC1CCCC1O. The van der Waals surface area contributed by atoms with Crippen LogP contribution in [0.5, 0.6) is 0 Å². The fourth-order valence-corrected chi connectivity index (χ4v) is 2.99. The Bertz CT molecular complexity index is 191. The second kappa shape index (κ2) is 8.10. The molecule has 1 rings (SSSR count). The molecule has 0 bridgehead atoms. The normalized spacial score (nSPS) is 25.1. The summed E-state index contributed by atoms with van der Waals surface area (Å²) in [6, 6.07) is 0. The number of hydrogen-bond acceptors (Lipinski definition) is 2. The number of aliphatic hydroxyl groups is 1. The van der Waals surface area contributed by atoms with Crippen LogP contribution in [-0.2, 0) is 0 Å². The van der Waals surface area contributed by atoms with E-state index in [9.17, 15) is 5.11 Å². The zero-order chi connectivity index (χ0) is 12.7. The predicted octanol–water partition coefficient (Wildman–Crippen LogP) is 3.30. The fraction of sp³-hybridized carbons (Fsp3) is 1.00. The van der Waals surface area contributed by atoms with Crippen molar-refractivity contribution < 1.29 is 5.11 Å². The van der Waals surface area contributed by atoms with Gasteiger partial charge in [-0.3, -0.25) is 0 Å². The average molecular weight is 241 g/mol. The van der Waals surface area contributed by atoms with Gasteiger partial charge in [0.25, 0.3) is 0 Å². The van der Waals surface area contributed by atoms with E-state index in [0.717, 1.165) is 18.9 Å². The second-order valence-corrected chi connectivity index (χ2v) is 5.62. The molecular formula is C15H31NO. The van der Waals surface area contributed by atoms with Gasteiger partial charge in [0.15, 0.2) is 0 Å². The Labute approximate surface area is 107 Å². The lowest BCUT2D eigenvalue weighted by atomic mass is 10.00. The molecule has 1 aliphatic carbocycles. The summed E-state index contributed by atoms with van der Waals surface area (Å²) in [4.78, 5) is 2.57. The van der Waals surface area contributed by atoms with Crippen molar-refractivity contribution in [3.63, 3.8) is 0 Å². The first-order valence-corrected chi connectivity index (χ1v) is 7.61. The van der Waals surface area contributed by atoms with Crippen LogP contribution in [-0.4, -0.2) is 35.7 Å². The van der Waals surface area contributed by atoms with Gasteiger partial charge >= 0.3 is 0 Å². The molecule has 1 fully saturated rings. The van der Waals surface area contributed by atoms with E-state index in [1.807, 2.05) is 0 Å².